The minimum Gasteiger partial charge on any atom is -0.309 e. The molecule has 17 heavy (non-hydrogen) atoms. The lowest BCUT2D eigenvalue weighted by Crippen LogP contribution is -2.17. The van der Waals surface area contributed by atoms with Gasteiger partial charge in [-0.1, -0.05) is 45.4 Å². The molecule has 0 saturated carbocycles. The summed E-state index contributed by atoms with van der Waals surface area (Å²) in [5, 5.41) is 8.11. The van der Waals surface area contributed by atoms with Crippen molar-refractivity contribution in [2.75, 3.05) is 0 Å². The first-order valence-electron chi connectivity index (χ1n) is 6.46. The van der Waals surface area contributed by atoms with E-state index < -0.39 is 0 Å². The molecule has 0 unspecified atom stereocenters. The number of aryl methyl sites for hydroxylation is 2. The summed E-state index contributed by atoms with van der Waals surface area (Å²) < 4.78 is 0. The second-order valence-corrected chi connectivity index (χ2v) is 5.89. The van der Waals surface area contributed by atoms with Crippen molar-refractivity contribution >= 4 is 5.71 Å². The number of nitrogens with one attached hydrogen (secondary N) is 1. The Labute approximate surface area is 106 Å². The third-order valence-corrected chi connectivity index (χ3v) is 3.64. The first-order valence-corrected chi connectivity index (χ1v) is 6.46. The van der Waals surface area contributed by atoms with E-state index in [1.54, 1.807) is 0 Å². The van der Waals surface area contributed by atoms with Crippen LogP contribution in [0.2, 0.25) is 0 Å². The van der Waals surface area contributed by atoms with Gasteiger partial charge in [-0.2, -0.15) is 0 Å². The van der Waals surface area contributed by atoms with Crippen molar-refractivity contribution in [3.63, 3.8) is 0 Å². The van der Waals surface area contributed by atoms with Gasteiger partial charge in [-0.3, -0.25) is 0 Å². The van der Waals surface area contributed by atoms with Crippen molar-refractivity contribution in [3.05, 3.63) is 34.9 Å². The zero-order valence-electron chi connectivity index (χ0n) is 11.9. The van der Waals surface area contributed by atoms with Crippen molar-refractivity contribution in [2.45, 2.75) is 53.9 Å². The molecule has 1 aromatic carbocycles. The van der Waals surface area contributed by atoms with Gasteiger partial charge >= 0.3 is 0 Å². The number of rotatable bonds is 5. The Balaban J connectivity index is 2.65. The van der Waals surface area contributed by atoms with Gasteiger partial charge < -0.3 is 5.41 Å². The highest BCUT2D eigenvalue weighted by atomic mass is 14.4. The highest BCUT2D eigenvalue weighted by molar-refractivity contribution is 5.84. The zero-order valence-corrected chi connectivity index (χ0v) is 11.9. The van der Waals surface area contributed by atoms with Crippen molar-refractivity contribution in [3.8, 4) is 0 Å². The van der Waals surface area contributed by atoms with E-state index in [1.807, 2.05) is 0 Å². The van der Waals surface area contributed by atoms with Crippen LogP contribution in [-0.2, 0) is 6.42 Å². The van der Waals surface area contributed by atoms with Crippen LogP contribution in [0.25, 0.3) is 0 Å². The minimum atomic E-state index is 0.261. The molecule has 1 N–H and O–H groups in total. The lowest BCUT2D eigenvalue weighted by atomic mass is 9.83. The fourth-order valence-corrected chi connectivity index (χ4v) is 1.93. The third-order valence-electron chi connectivity index (χ3n) is 3.64. The van der Waals surface area contributed by atoms with Crippen LogP contribution in [0.5, 0.6) is 0 Å². The van der Waals surface area contributed by atoms with Gasteiger partial charge in [0.15, 0.2) is 0 Å². The predicted octanol–water partition coefficient (Wildman–Crippen LogP) is 4.69. The van der Waals surface area contributed by atoms with Crippen LogP contribution in [0.1, 0.15) is 50.3 Å². The molecule has 0 aliphatic carbocycles. The Morgan fingerprint density at radius 3 is 2.35 bits per heavy atom. The van der Waals surface area contributed by atoms with Gasteiger partial charge in [0.05, 0.1) is 0 Å². The van der Waals surface area contributed by atoms with Crippen molar-refractivity contribution in [2.24, 2.45) is 5.41 Å². The van der Waals surface area contributed by atoms with E-state index in [0.717, 1.165) is 25.0 Å². The molecule has 1 aromatic rings. The Bertz CT molecular complexity index is 402. The Kier molecular flexibility index (Phi) is 4.50. The van der Waals surface area contributed by atoms with E-state index in [4.69, 9.17) is 5.41 Å². The molecule has 1 rings (SSSR count). The van der Waals surface area contributed by atoms with Gasteiger partial charge in [-0.25, -0.2) is 0 Å². The topological polar surface area (TPSA) is 23.9 Å². The van der Waals surface area contributed by atoms with Crippen molar-refractivity contribution in [1.82, 2.24) is 0 Å². The summed E-state index contributed by atoms with van der Waals surface area (Å²) >= 11 is 0. The van der Waals surface area contributed by atoms with Gasteiger partial charge in [-0.15, -0.1) is 0 Å². The first kappa shape index (κ1) is 14.0. The fraction of sp³-hybridized carbons (Fsp3) is 0.562. The first-order chi connectivity index (χ1) is 7.84. The van der Waals surface area contributed by atoms with E-state index in [9.17, 15) is 0 Å². The molecule has 1 heteroatoms. The average molecular weight is 231 g/mol. The fourth-order valence-electron chi connectivity index (χ4n) is 1.93. The van der Waals surface area contributed by atoms with Crippen molar-refractivity contribution < 1.29 is 0 Å². The maximum atomic E-state index is 8.11. The van der Waals surface area contributed by atoms with Crippen LogP contribution in [0, 0.1) is 24.7 Å². The molecular weight excluding hydrogens is 206 g/mol. The zero-order chi connectivity index (χ0) is 13.1. The maximum Gasteiger partial charge on any atom is 0.0138 e. The minimum absolute atomic E-state index is 0.261. The molecule has 94 valence electrons. The van der Waals surface area contributed by atoms with Crippen molar-refractivity contribution in [1.29, 1.82) is 5.41 Å². The monoisotopic (exact) mass is 231 g/mol. The molecule has 0 amide bonds. The normalized spacial score (nSPS) is 11.6. The van der Waals surface area contributed by atoms with Gasteiger partial charge in [0.2, 0.25) is 0 Å². The molecule has 0 saturated heterocycles. The lowest BCUT2D eigenvalue weighted by molar-refractivity contribution is 0.366. The van der Waals surface area contributed by atoms with Gasteiger partial charge in [0.1, 0.15) is 0 Å². The van der Waals surface area contributed by atoms with Gasteiger partial charge in [0, 0.05) is 12.1 Å². The van der Waals surface area contributed by atoms with Gasteiger partial charge in [-0.05, 0) is 42.4 Å². The second-order valence-electron chi connectivity index (χ2n) is 5.89. The largest absolute Gasteiger partial charge is 0.309 e. The summed E-state index contributed by atoms with van der Waals surface area (Å²) in [7, 11) is 0. The molecule has 0 aromatic heterocycles. The lowest BCUT2D eigenvalue weighted by Gasteiger charge is -2.22. The summed E-state index contributed by atoms with van der Waals surface area (Å²) in [5.74, 6) is 0. The predicted molar refractivity (Wildman–Crippen MR) is 76.0 cm³/mol. The summed E-state index contributed by atoms with van der Waals surface area (Å²) in [5.41, 5.74) is 5.03. The van der Waals surface area contributed by atoms with Crippen LogP contribution in [0.3, 0.4) is 0 Å². The van der Waals surface area contributed by atoms with Gasteiger partial charge in [0.25, 0.3) is 0 Å². The quantitative estimate of drug-likeness (QED) is 0.711. The molecule has 0 radical (unpaired) electrons. The maximum absolute atomic E-state index is 8.11. The van der Waals surface area contributed by atoms with Crippen LogP contribution in [0.15, 0.2) is 18.2 Å². The highest BCUT2D eigenvalue weighted by Crippen LogP contribution is 2.25. The molecule has 0 heterocycles. The number of benzene rings is 1. The molecule has 0 spiro atoms. The Hall–Kier alpha value is -1.11. The van der Waals surface area contributed by atoms with Crippen LogP contribution >= 0.6 is 0 Å². The number of hydrogen-bond acceptors (Lipinski definition) is 1. The molecule has 1 nitrogen and oxygen atoms in total. The Morgan fingerprint density at radius 2 is 1.82 bits per heavy atom. The van der Waals surface area contributed by atoms with Crippen LogP contribution < -0.4 is 0 Å². The Morgan fingerprint density at radius 1 is 1.18 bits per heavy atom. The smallest absolute Gasteiger partial charge is 0.0138 e. The van der Waals surface area contributed by atoms with Crippen LogP contribution in [-0.4, -0.2) is 5.71 Å². The average Bonchev–Trinajstić information content (AvgIpc) is 2.23. The van der Waals surface area contributed by atoms with E-state index in [0.29, 0.717) is 0 Å². The highest BCUT2D eigenvalue weighted by Gasteiger charge is 2.17. The molecular formula is C16H25N. The summed E-state index contributed by atoms with van der Waals surface area (Å²) in [4.78, 5) is 0. The molecule has 0 aliphatic heterocycles. The van der Waals surface area contributed by atoms with E-state index >= 15 is 0 Å². The second kappa shape index (κ2) is 5.48. The third kappa shape index (κ3) is 4.33. The van der Waals surface area contributed by atoms with E-state index in [2.05, 4.69) is 52.8 Å². The summed E-state index contributed by atoms with van der Waals surface area (Å²) in [6.07, 6.45) is 2.82. The SMILES string of the molecule is CCC(C)(C)CC(=N)Cc1ccc(C)c(C)c1. The summed E-state index contributed by atoms with van der Waals surface area (Å²) in [6, 6.07) is 6.52. The molecule has 0 fully saturated rings. The number of hydrogen-bond donors (Lipinski definition) is 1. The van der Waals surface area contributed by atoms with E-state index in [-0.39, 0.29) is 5.41 Å². The molecule has 0 aliphatic rings. The van der Waals surface area contributed by atoms with Crippen LogP contribution in [0.4, 0.5) is 0 Å². The summed E-state index contributed by atoms with van der Waals surface area (Å²) in [6.45, 7) is 10.9. The molecule has 0 bridgehead atoms. The molecule has 0 atom stereocenters. The standard InChI is InChI=1S/C16H25N/c1-6-16(4,5)11-15(17)10-14-8-7-12(2)13(3)9-14/h7-9,17H,6,10-11H2,1-5H3. The van der Waals surface area contributed by atoms with E-state index in [1.165, 1.54) is 16.7 Å².